The van der Waals surface area contributed by atoms with Crippen molar-refractivity contribution < 1.29 is 14.3 Å². The Bertz CT molecular complexity index is 725. The Morgan fingerprint density at radius 3 is 3.09 bits per heavy atom. The second-order valence-electron chi connectivity index (χ2n) is 5.07. The van der Waals surface area contributed by atoms with E-state index in [1.807, 2.05) is 18.4 Å². The van der Waals surface area contributed by atoms with Gasteiger partial charge in [-0.25, -0.2) is 4.68 Å². The predicted molar refractivity (Wildman–Crippen MR) is 90.8 cm³/mol. The Balaban J connectivity index is 2.02. The Hall–Kier alpha value is -1.80. The topological polar surface area (TPSA) is 73.2 Å². The van der Waals surface area contributed by atoms with Gasteiger partial charge in [0, 0.05) is 10.4 Å². The number of fused-ring (bicyclic) bond motifs is 1. The smallest absolute Gasteiger partial charge is 0.327 e. The van der Waals surface area contributed by atoms with Crippen LogP contribution in [0.15, 0.2) is 17.5 Å². The molecule has 3 rings (SSSR count). The number of aromatic nitrogens is 2. The molecule has 8 heteroatoms. The molecule has 0 bridgehead atoms. The summed E-state index contributed by atoms with van der Waals surface area (Å²) in [6.07, 6.45) is 0. The van der Waals surface area contributed by atoms with Crippen molar-refractivity contribution in [1.82, 2.24) is 9.78 Å². The average molecular weight is 351 g/mol. The number of thioether (sulfide) groups is 1. The van der Waals surface area contributed by atoms with Gasteiger partial charge in [-0.3, -0.25) is 9.59 Å². The quantitative estimate of drug-likeness (QED) is 0.857. The lowest BCUT2D eigenvalue weighted by atomic mass is 10.1. The number of nitrogens with zero attached hydrogens (tertiary/aromatic N) is 2. The second-order valence-corrected chi connectivity index (χ2v) is 7.14. The average Bonchev–Trinajstić information content (AvgIpc) is 3.07. The molecule has 0 saturated carbocycles. The molecule has 1 aliphatic heterocycles. The number of hydrogen-bond donors (Lipinski definition) is 1. The molecule has 2 aromatic rings. The molecule has 0 spiro atoms. The van der Waals surface area contributed by atoms with E-state index in [-0.39, 0.29) is 23.7 Å². The third-order valence-electron chi connectivity index (χ3n) is 3.46. The molecule has 0 radical (unpaired) electrons. The summed E-state index contributed by atoms with van der Waals surface area (Å²) in [5.74, 6) is 0.525. The van der Waals surface area contributed by atoms with E-state index in [0.29, 0.717) is 18.2 Å². The number of esters is 1. The molecular formula is C15H17N3O3S2. The molecule has 23 heavy (non-hydrogen) atoms. The fourth-order valence-electron chi connectivity index (χ4n) is 2.56. The number of carbonyl (C=O) groups excluding carboxylic acids is 2. The van der Waals surface area contributed by atoms with Gasteiger partial charge in [-0.15, -0.1) is 23.1 Å². The number of carbonyl (C=O) groups is 2. The number of thiophene rings is 1. The first-order valence-corrected chi connectivity index (χ1v) is 9.20. The van der Waals surface area contributed by atoms with Crippen LogP contribution in [0.25, 0.3) is 0 Å². The zero-order valence-corrected chi connectivity index (χ0v) is 14.5. The number of hydrogen-bond acceptors (Lipinski definition) is 6. The number of aryl methyl sites for hydroxylation is 1. The molecule has 2 aromatic heterocycles. The molecule has 3 heterocycles. The molecule has 0 unspecified atom stereocenters. The first-order chi connectivity index (χ1) is 11.1. The zero-order valence-electron chi connectivity index (χ0n) is 12.9. The third-order valence-corrected chi connectivity index (χ3v) is 5.80. The molecule has 0 saturated heterocycles. The maximum Gasteiger partial charge on any atom is 0.327 e. The Morgan fingerprint density at radius 1 is 1.57 bits per heavy atom. The van der Waals surface area contributed by atoms with Crippen LogP contribution in [0, 0.1) is 6.92 Å². The summed E-state index contributed by atoms with van der Waals surface area (Å²) >= 11 is 3.23. The van der Waals surface area contributed by atoms with Crippen molar-refractivity contribution in [1.29, 1.82) is 0 Å². The molecule has 0 aliphatic carbocycles. The summed E-state index contributed by atoms with van der Waals surface area (Å²) in [4.78, 5) is 25.0. The minimum Gasteiger partial charge on any atom is -0.465 e. The monoisotopic (exact) mass is 351 g/mol. The van der Waals surface area contributed by atoms with Crippen molar-refractivity contribution in [3.05, 3.63) is 33.6 Å². The molecule has 1 atom stereocenters. The van der Waals surface area contributed by atoms with Crippen LogP contribution in [0.3, 0.4) is 0 Å². The van der Waals surface area contributed by atoms with Gasteiger partial charge in [0.2, 0.25) is 5.91 Å². The Kier molecular flexibility index (Phi) is 4.72. The highest BCUT2D eigenvalue weighted by Crippen LogP contribution is 2.44. The van der Waals surface area contributed by atoms with E-state index in [1.165, 1.54) is 9.56 Å². The summed E-state index contributed by atoms with van der Waals surface area (Å²) in [6.45, 7) is 3.98. The number of ether oxygens (including phenoxy) is 1. The van der Waals surface area contributed by atoms with Gasteiger partial charge < -0.3 is 10.1 Å². The van der Waals surface area contributed by atoms with Gasteiger partial charge in [-0.05, 0) is 25.3 Å². The van der Waals surface area contributed by atoms with Gasteiger partial charge in [0.15, 0.2) is 0 Å². The lowest BCUT2D eigenvalue weighted by molar-refractivity contribution is -0.144. The predicted octanol–water partition coefficient (Wildman–Crippen LogP) is 2.59. The van der Waals surface area contributed by atoms with Crippen molar-refractivity contribution in [3.63, 3.8) is 0 Å². The fraction of sp³-hybridized carbons (Fsp3) is 0.400. The molecular weight excluding hydrogens is 334 g/mol. The van der Waals surface area contributed by atoms with Gasteiger partial charge in [0.1, 0.15) is 12.4 Å². The van der Waals surface area contributed by atoms with E-state index in [0.717, 1.165) is 11.3 Å². The summed E-state index contributed by atoms with van der Waals surface area (Å²) in [5.41, 5.74) is 1.78. The van der Waals surface area contributed by atoms with Gasteiger partial charge in [-0.1, -0.05) is 6.07 Å². The number of nitrogens with one attached hydrogen (secondary N) is 1. The van der Waals surface area contributed by atoms with Crippen LogP contribution in [-0.2, 0) is 20.9 Å². The van der Waals surface area contributed by atoms with Crippen molar-refractivity contribution in [2.45, 2.75) is 25.6 Å². The van der Waals surface area contributed by atoms with Gasteiger partial charge in [-0.2, -0.15) is 5.10 Å². The SMILES string of the molecule is CCOC(=O)Cn1nc(C)c2c1NC(=O)CS[C@H]2c1cccs1. The zero-order chi connectivity index (χ0) is 16.4. The second kappa shape index (κ2) is 6.76. The highest BCUT2D eigenvalue weighted by atomic mass is 32.2. The first-order valence-electron chi connectivity index (χ1n) is 7.28. The van der Waals surface area contributed by atoms with Gasteiger partial charge in [0.25, 0.3) is 0 Å². The van der Waals surface area contributed by atoms with Gasteiger partial charge >= 0.3 is 5.97 Å². The molecule has 1 amide bonds. The number of anilines is 1. The van der Waals surface area contributed by atoms with E-state index in [2.05, 4.69) is 16.5 Å². The molecule has 0 fully saturated rings. The molecule has 0 aromatic carbocycles. The van der Waals surface area contributed by atoms with Crippen molar-refractivity contribution in [3.8, 4) is 0 Å². The van der Waals surface area contributed by atoms with Crippen LogP contribution in [0.2, 0.25) is 0 Å². The summed E-state index contributed by atoms with van der Waals surface area (Å²) < 4.78 is 6.52. The third kappa shape index (κ3) is 3.28. The van der Waals surface area contributed by atoms with Crippen LogP contribution in [0.5, 0.6) is 0 Å². The van der Waals surface area contributed by atoms with E-state index < -0.39 is 0 Å². The van der Waals surface area contributed by atoms with E-state index in [1.54, 1.807) is 30.0 Å². The minimum absolute atomic E-state index is 0.00782. The van der Waals surface area contributed by atoms with Crippen molar-refractivity contribution in [2.24, 2.45) is 0 Å². The summed E-state index contributed by atoms with van der Waals surface area (Å²) in [7, 11) is 0. The van der Waals surface area contributed by atoms with Gasteiger partial charge in [0.05, 0.1) is 23.3 Å². The minimum atomic E-state index is -0.364. The van der Waals surface area contributed by atoms with E-state index in [9.17, 15) is 9.59 Å². The first kappa shape index (κ1) is 16.1. The lowest BCUT2D eigenvalue weighted by Gasteiger charge is -2.13. The largest absolute Gasteiger partial charge is 0.465 e. The van der Waals surface area contributed by atoms with Crippen LogP contribution < -0.4 is 5.32 Å². The molecule has 122 valence electrons. The van der Waals surface area contributed by atoms with Crippen LogP contribution in [0.4, 0.5) is 5.82 Å². The molecule has 6 nitrogen and oxygen atoms in total. The standard InChI is InChI=1S/C15H17N3O3S2/c1-3-21-12(20)7-18-15-13(9(2)17-18)14(10-5-4-6-22-10)23-8-11(19)16-15/h4-6,14H,3,7-8H2,1-2H3,(H,16,19)/t14-/m0/s1. The summed E-state index contributed by atoms with van der Waals surface area (Å²) in [5, 5.41) is 9.40. The van der Waals surface area contributed by atoms with Crippen molar-refractivity contribution in [2.75, 3.05) is 17.7 Å². The maximum atomic E-state index is 12.0. The number of amides is 1. The summed E-state index contributed by atoms with van der Waals surface area (Å²) in [6, 6.07) is 4.06. The van der Waals surface area contributed by atoms with Crippen molar-refractivity contribution >= 4 is 40.8 Å². The van der Waals surface area contributed by atoms with Crippen LogP contribution in [-0.4, -0.2) is 34.0 Å². The normalized spacial score (nSPS) is 17.3. The van der Waals surface area contributed by atoms with Crippen LogP contribution >= 0.6 is 23.1 Å². The Morgan fingerprint density at radius 2 is 2.39 bits per heavy atom. The van der Waals surface area contributed by atoms with E-state index >= 15 is 0 Å². The Labute approximate surface area is 142 Å². The highest BCUT2D eigenvalue weighted by molar-refractivity contribution is 8.00. The molecule has 1 N–H and O–H groups in total. The number of rotatable bonds is 4. The maximum absolute atomic E-state index is 12.0. The van der Waals surface area contributed by atoms with E-state index in [4.69, 9.17) is 4.74 Å². The fourth-order valence-corrected chi connectivity index (χ4v) is 4.73. The molecule has 1 aliphatic rings. The highest BCUT2D eigenvalue weighted by Gasteiger charge is 2.31. The van der Waals surface area contributed by atoms with Crippen LogP contribution in [0.1, 0.15) is 28.3 Å². The lowest BCUT2D eigenvalue weighted by Crippen LogP contribution is -2.20.